The summed E-state index contributed by atoms with van der Waals surface area (Å²) in [5.74, 6) is 0.343. The highest BCUT2D eigenvalue weighted by atomic mass is 16.2. The lowest BCUT2D eigenvalue weighted by Crippen LogP contribution is -2.43. The fourth-order valence-corrected chi connectivity index (χ4v) is 4.26. The standard InChI is InChI=1S/C21H28N4O/c1-21(2,25-20(26)12-7-8-12)19-14-6-4-3-5-13(14)18-15(11-22)16(23)9-10-17(18)24-19/h9-10,12H,3-8,11,22-23H2,1-2H3,(H,25,26). The Labute approximate surface area is 154 Å². The summed E-state index contributed by atoms with van der Waals surface area (Å²) in [6.07, 6.45) is 6.34. The smallest absolute Gasteiger partial charge is 0.223 e. The van der Waals surface area contributed by atoms with Gasteiger partial charge in [0.15, 0.2) is 0 Å². The maximum absolute atomic E-state index is 12.4. The summed E-state index contributed by atoms with van der Waals surface area (Å²) >= 11 is 0. The van der Waals surface area contributed by atoms with Crippen molar-refractivity contribution in [2.75, 3.05) is 5.73 Å². The summed E-state index contributed by atoms with van der Waals surface area (Å²) in [6.45, 7) is 4.55. The van der Waals surface area contributed by atoms with Crippen LogP contribution in [0.3, 0.4) is 0 Å². The molecule has 5 heteroatoms. The minimum Gasteiger partial charge on any atom is -0.398 e. The zero-order chi connectivity index (χ0) is 18.5. The van der Waals surface area contributed by atoms with Crippen molar-refractivity contribution in [1.29, 1.82) is 0 Å². The molecular formula is C21H28N4O. The number of pyridine rings is 1. The van der Waals surface area contributed by atoms with Gasteiger partial charge in [-0.3, -0.25) is 9.78 Å². The first-order valence-electron chi connectivity index (χ1n) is 9.67. The number of nitrogens with zero attached hydrogens (tertiary/aromatic N) is 1. The van der Waals surface area contributed by atoms with E-state index in [0.29, 0.717) is 6.54 Å². The first-order valence-corrected chi connectivity index (χ1v) is 9.67. The van der Waals surface area contributed by atoms with Crippen molar-refractivity contribution in [3.05, 3.63) is 34.5 Å². The number of amides is 1. The number of aryl methyl sites for hydroxylation is 1. The Balaban J connectivity index is 1.90. The number of fused-ring (bicyclic) bond motifs is 3. The number of hydrogen-bond acceptors (Lipinski definition) is 4. The van der Waals surface area contributed by atoms with Crippen LogP contribution in [0.5, 0.6) is 0 Å². The number of carbonyl (C=O) groups excluding carboxylic acids is 1. The number of nitrogen functional groups attached to an aromatic ring is 1. The fourth-order valence-electron chi connectivity index (χ4n) is 4.26. The van der Waals surface area contributed by atoms with Crippen molar-refractivity contribution in [3.63, 3.8) is 0 Å². The number of nitrogens with one attached hydrogen (secondary N) is 1. The van der Waals surface area contributed by atoms with E-state index in [-0.39, 0.29) is 11.8 Å². The highest BCUT2D eigenvalue weighted by Gasteiger charge is 2.36. The second kappa shape index (κ2) is 6.23. The van der Waals surface area contributed by atoms with Crippen LogP contribution in [0.25, 0.3) is 10.9 Å². The molecule has 26 heavy (non-hydrogen) atoms. The van der Waals surface area contributed by atoms with Crippen LogP contribution < -0.4 is 16.8 Å². The minimum atomic E-state index is -0.487. The Kier molecular flexibility index (Phi) is 4.14. The van der Waals surface area contributed by atoms with Gasteiger partial charge in [-0.2, -0.15) is 0 Å². The molecule has 2 aromatic rings. The lowest BCUT2D eigenvalue weighted by molar-refractivity contribution is -0.124. The molecule has 5 nitrogen and oxygen atoms in total. The van der Waals surface area contributed by atoms with Gasteiger partial charge in [-0.1, -0.05) is 0 Å². The van der Waals surface area contributed by atoms with Crippen LogP contribution in [-0.4, -0.2) is 10.9 Å². The normalized spacial score (nSPS) is 17.2. The van der Waals surface area contributed by atoms with Crippen molar-refractivity contribution < 1.29 is 4.79 Å². The van der Waals surface area contributed by atoms with Gasteiger partial charge in [0, 0.05) is 23.5 Å². The molecule has 0 bridgehead atoms. The molecule has 0 aliphatic heterocycles. The summed E-state index contributed by atoms with van der Waals surface area (Å²) < 4.78 is 0. The Morgan fingerprint density at radius 3 is 2.58 bits per heavy atom. The monoisotopic (exact) mass is 352 g/mol. The molecule has 138 valence electrons. The molecule has 0 unspecified atom stereocenters. The van der Waals surface area contributed by atoms with Gasteiger partial charge in [-0.25, -0.2) is 0 Å². The average molecular weight is 352 g/mol. The molecule has 5 N–H and O–H groups in total. The van der Waals surface area contributed by atoms with Gasteiger partial charge in [0.25, 0.3) is 0 Å². The molecule has 1 heterocycles. The molecule has 0 spiro atoms. The van der Waals surface area contributed by atoms with E-state index in [1.54, 1.807) is 0 Å². The van der Waals surface area contributed by atoms with Crippen LogP contribution in [0.15, 0.2) is 12.1 Å². The Hall–Kier alpha value is -2.14. The second-order valence-corrected chi connectivity index (χ2v) is 8.24. The molecule has 2 aliphatic rings. The van der Waals surface area contributed by atoms with Crippen LogP contribution >= 0.6 is 0 Å². The molecule has 0 radical (unpaired) electrons. The van der Waals surface area contributed by atoms with Crippen molar-refractivity contribution in [2.24, 2.45) is 11.7 Å². The van der Waals surface area contributed by atoms with Crippen LogP contribution in [0, 0.1) is 5.92 Å². The third-order valence-electron chi connectivity index (χ3n) is 5.79. The number of rotatable bonds is 4. The summed E-state index contributed by atoms with van der Waals surface area (Å²) in [7, 11) is 0. The quantitative estimate of drug-likeness (QED) is 0.738. The lowest BCUT2D eigenvalue weighted by atomic mass is 9.82. The molecule has 1 aromatic heterocycles. The number of nitrogens with two attached hydrogens (primary N) is 2. The third-order valence-corrected chi connectivity index (χ3v) is 5.79. The lowest BCUT2D eigenvalue weighted by Gasteiger charge is -2.32. The van der Waals surface area contributed by atoms with Crippen LogP contribution in [0.2, 0.25) is 0 Å². The van der Waals surface area contributed by atoms with E-state index in [9.17, 15) is 4.79 Å². The largest absolute Gasteiger partial charge is 0.398 e. The summed E-state index contributed by atoms with van der Waals surface area (Å²) in [6, 6.07) is 3.88. The highest BCUT2D eigenvalue weighted by molar-refractivity contribution is 5.91. The van der Waals surface area contributed by atoms with Gasteiger partial charge < -0.3 is 16.8 Å². The van der Waals surface area contributed by atoms with E-state index in [4.69, 9.17) is 16.5 Å². The van der Waals surface area contributed by atoms with E-state index in [2.05, 4.69) is 19.2 Å². The predicted octanol–water partition coefficient (Wildman–Crippen LogP) is 2.92. The van der Waals surface area contributed by atoms with Crippen molar-refractivity contribution in [1.82, 2.24) is 10.3 Å². The predicted molar refractivity (Wildman–Crippen MR) is 105 cm³/mol. The van der Waals surface area contributed by atoms with E-state index in [1.807, 2.05) is 12.1 Å². The van der Waals surface area contributed by atoms with E-state index < -0.39 is 5.54 Å². The molecule has 0 saturated heterocycles. The van der Waals surface area contributed by atoms with Gasteiger partial charge in [0.05, 0.1) is 16.7 Å². The third kappa shape index (κ3) is 2.84. The van der Waals surface area contributed by atoms with E-state index in [1.165, 1.54) is 17.5 Å². The number of benzene rings is 1. The number of carbonyl (C=O) groups is 1. The topological polar surface area (TPSA) is 94.0 Å². The van der Waals surface area contributed by atoms with Gasteiger partial charge in [0.1, 0.15) is 0 Å². The Morgan fingerprint density at radius 2 is 1.92 bits per heavy atom. The first kappa shape index (κ1) is 17.3. The minimum absolute atomic E-state index is 0.154. The molecule has 1 amide bonds. The SMILES string of the molecule is CC(C)(NC(=O)C1CC1)c1nc2ccc(N)c(CN)c2c2c1CCCC2. The maximum atomic E-state index is 12.4. The number of hydrogen-bond donors (Lipinski definition) is 3. The van der Waals surface area contributed by atoms with Crippen molar-refractivity contribution in [3.8, 4) is 0 Å². The van der Waals surface area contributed by atoms with E-state index >= 15 is 0 Å². The fraction of sp³-hybridized carbons (Fsp3) is 0.524. The highest BCUT2D eigenvalue weighted by Crippen LogP contribution is 2.38. The zero-order valence-electron chi connectivity index (χ0n) is 15.7. The maximum Gasteiger partial charge on any atom is 0.223 e. The Morgan fingerprint density at radius 1 is 1.23 bits per heavy atom. The molecule has 0 atom stereocenters. The summed E-state index contributed by atoms with van der Waals surface area (Å²) in [5, 5.41) is 4.37. The van der Waals surface area contributed by atoms with Crippen LogP contribution in [-0.2, 0) is 29.7 Å². The second-order valence-electron chi connectivity index (χ2n) is 8.24. The molecule has 1 saturated carbocycles. The molecule has 1 aromatic carbocycles. The Bertz CT molecular complexity index is 883. The number of aromatic nitrogens is 1. The van der Waals surface area contributed by atoms with Crippen molar-refractivity contribution in [2.45, 2.75) is 64.5 Å². The van der Waals surface area contributed by atoms with Crippen LogP contribution in [0.1, 0.15) is 61.9 Å². The molecule has 1 fully saturated rings. The van der Waals surface area contributed by atoms with Gasteiger partial charge in [0.2, 0.25) is 5.91 Å². The van der Waals surface area contributed by atoms with Gasteiger partial charge in [-0.15, -0.1) is 0 Å². The zero-order valence-corrected chi connectivity index (χ0v) is 15.7. The number of anilines is 1. The first-order chi connectivity index (χ1) is 12.4. The van der Waals surface area contributed by atoms with Crippen LogP contribution in [0.4, 0.5) is 5.69 Å². The summed E-state index contributed by atoms with van der Waals surface area (Å²) in [4.78, 5) is 17.4. The molecule has 4 rings (SSSR count). The average Bonchev–Trinajstić information content (AvgIpc) is 3.46. The van der Waals surface area contributed by atoms with E-state index in [0.717, 1.165) is 60.0 Å². The van der Waals surface area contributed by atoms with Gasteiger partial charge in [-0.05, 0) is 81.2 Å². The molecular weight excluding hydrogens is 324 g/mol. The molecule has 2 aliphatic carbocycles. The summed E-state index contributed by atoms with van der Waals surface area (Å²) in [5.41, 5.74) is 18.0. The van der Waals surface area contributed by atoms with Gasteiger partial charge >= 0.3 is 0 Å². The van der Waals surface area contributed by atoms with Crippen molar-refractivity contribution >= 4 is 22.5 Å².